The summed E-state index contributed by atoms with van der Waals surface area (Å²) in [6.45, 7) is 4.47. The van der Waals surface area contributed by atoms with Crippen molar-refractivity contribution in [1.29, 1.82) is 0 Å². The molecule has 20 heavy (non-hydrogen) atoms. The van der Waals surface area contributed by atoms with Gasteiger partial charge in [0.05, 0.1) is 6.54 Å². The molecule has 1 aromatic rings. The second-order valence-electron chi connectivity index (χ2n) is 4.82. The minimum absolute atomic E-state index is 0.0532. The highest BCUT2D eigenvalue weighted by molar-refractivity contribution is 7.87. The van der Waals surface area contributed by atoms with Gasteiger partial charge in [0.15, 0.2) is 0 Å². The van der Waals surface area contributed by atoms with Crippen molar-refractivity contribution in [3.8, 4) is 0 Å². The maximum absolute atomic E-state index is 12.4. The zero-order valence-corrected chi connectivity index (χ0v) is 13.3. The molecule has 0 radical (unpaired) electrons. The monoisotopic (exact) mass is 318 g/mol. The molecule has 0 spiro atoms. The second-order valence-corrected chi connectivity index (χ2v) is 7.51. The van der Waals surface area contributed by atoms with E-state index in [0.29, 0.717) is 13.1 Å². The van der Waals surface area contributed by atoms with Gasteiger partial charge in [0, 0.05) is 30.7 Å². The van der Waals surface area contributed by atoms with Crippen molar-refractivity contribution in [1.82, 2.24) is 19.3 Å². The van der Waals surface area contributed by atoms with Crippen molar-refractivity contribution in [3.63, 3.8) is 0 Å². The fraction of sp³-hybridized carbons (Fsp3) is 0.750. The van der Waals surface area contributed by atoms with Crippen molar-refractivity contribution in [2.75, 3.05) is 19.6 Å². The third-order valence-corrected chi connectivity index (χ3v) is 5.79. The summed E-state index contributed by atoms with van der Waals surface area (Å²) < 4.78 is 29.1. The Morgan fingerprint density at radius 1 is 1.50 bits per heavy atom. The molecular weight excluding hydrogens is 296 g/mol. The lowest BCUT2D eigenvalue weighted by Gasteiger charge is -2.34. The summed E-state index contributed by atoms with van der Waals surface area (Å²) in [5, 5.41) is 5.88. The quantitative estimate of drug-likeness (QED) is 0.785. The molecule has 1 atom stereocenters. The van der Waals surface area contributed by atoms with E-state index in [9.17, 15) is 8.42 Å². The van der Waals surface area contributed by atoms with Crippen molar-refractivity contribution in [2.45, 2.75) is 38.8 Å². The first kappa shape index (κ1) is 15.8. The molecule has 1 saturated heterocycles. The normalized spacial score (nSPS) is 21.1. The van der Waals surface area contributed by atoms with E-state index in [-0.39, 0.29) is 12.6 Å². The minimum Gasteiger partial charge on any atom is -0.315 e. The fourth-order valence-electron chi connectivity index (χ4n) is 2.38. The first-order chi connectivity index (χ1) is 9.63. The van der Waals surface area contributed by atoms with E-state index in [1.54, 1.807) is 10.5 Å². The standard InChI is InChI=1S/C12H22N4O2S2/c1-2-13-9-11-5-3-4-7-16(11)20(17,18)15-10-12-14-6-8-19-12/h6,8,11,13,15H,2-5,7,9-10H2,1H3. The molecule has 1 aliphatic heterocycles. The van der Waals surface area contributed by atoms with E-state index in [4.69, 9.17) is 0 Å². The number of rotatable bonds is 7. The molecule has 0 bridgehead atoms. The van der Waals surface area contributed by atoms with E-state index in [0.717, 1.165) is 30.8 Å². The Morgan fingerprint density at radius 2 is 2.35 bits per heavy atom. The van der Waals surface area contributed by atoms with Crippen LogP contribution in [-0.2, 0) is 16.8 Å². The van der Waals surface area contributed by atoms with E-state index in [1.807, 2.05) is 12.3 Å². The lowest BCUT2D eigenvalue weighted by molar-refractivity contribution is 0.243. The molecule has 0 amide bonds. The third kappa shape index (κ3) is 4.23. The smallest absolute Gasteiger partial charge is 0.280 e. The highest BCUT2D eigenvalue weighted by Gasteiger charge is 2.31. The Morgan fingerprint density at radius 3 is 3.05 bits per heavy atom. The predicted molar refractivity (Wildman–Crippen MR) is 80.8 cm³/mol. The minimum atomic E-state index is -3.43. The van der Waals surface area contributed by atoms with Gasteiger partial charge in [-0.15, -0.1) is 11.3 Å². The van der Waals surface area contributed by atoms with Crippen molar-refractivity contribution in [3.05, 3.63) is 16.6 Å². The molecule has 1 fully saturated rings. The van der Waals surface area contributed by atoms with Crippen LogP contribution in [0.5, 0.6) is 0 Å². The fourth-order valence-corrected chi connectivity index (χ4v) is 4.46. The number of nitrogens with one attached hydrogen (secondary N) is 2. The van der Waals surface area contributed by atoms with Crippen LogP contribution in [-0.4, -0.2) is 43.4 Å². The van der Waals surface area contributed by atoms with Crippen molar-refractivity contribution in [2.24, 2.45) is 0 Å². The molecule has 2 rings (SSSR count). The number of hydrogen-bond acceptors (Lipinski definition) is 5. The van der Waals surface area contributed by atoms with Crippen molar-refractivity contribution < 1.29 is 8.42 Å². The van der Waals surface area contributed by atoms with Crippen LogP contribution in [0.2, 0.25) is 0 Å². The summed E-state index contributed by atoms with van der Waals surface area (Å²) in [6.07, 6.45) is 4.63. The number of piperidine rings is 1. The number of thiazole rings is 1. The number of likely N-dealkylation sites (N-methyl/N-ethyl adjacent to an activating group) is 1. The summed E-state index contributed by atoms with van der Waals surface area (Å²) in [4.78, 5) is 4.09. The zero-order valence-electron chi connectivity index (χ0n) is 11.7. The SMILES string of the molecule is CCNCC1CCCCN1S(=O)(=O)NCc1nccs1. The van der Waals surface area contributed by atoms with E-state index in [1.165, 1.54) is 11.3 Å². The molecular formula is C12H22N4O2S2. The van der Waals surface area contributed by atoms with Gasteiger partial charge in [0.25, 0.3) is 10.2 Å². The van der Waals surface area contributed by atoms with Gasteiger partial charge < -0.3 is 5.32 Å². The van der Waals surface area contributed by atoms with E-state index >= 15 is 0 Å². The van der Waals surface area contributed by atoms with E-state index in [2.05, 4.69) is 15.0 Å². The van der Waals surface area contributed by atoms with Crippen LogP contribution >= 0.6 is 11.3 Å². The molecule has 2 N–H and O–H groups in total. The van der Waals surface area contributed by atoms with Gasteiger partial charge in [0.2, 0.25) is 0 Å². The molecule has 8 heteroatoms. The topological polar surface area (TPSA) is 74.3 Å². The van der Waals surface area contributed by atoms with Gasteiger partial charge in [-0.2, -0.15) is 17.4 Å². The van der Waals surface area contributed by atoms with Crippen molar-refractivity contribution >= 4 is 21.5 Å². The van der Waals surface area contributed by atoms with Gasteiger partial charge in [-0.25, -0.2) is 4.98 Å². The Balaban J connectivity index is 1.97. The van der Waals surface area contributed by atoms with Crippen LogP contribution in [0.15, 0.2) is 11.6 Å². The first-order valence-electron chi connectivity index (χ1n) is 6.99. The molecule has 2 heterocycles. The highest BCUT2D eigenvalue weighted by Crippen LogP contribution is 2.19. The number of aromatic nitrogens is 1. The predicted octanol–water partition coefficient (Wildman–Crippen LogP) is 0.942. The van der Waals surface area contributed by atoms with Crippen LogP contribution < -0.4 is 10.0 Å². The van der Waals surface area contributed by atoms with Crippen LogP contribution in [0.3, 0.4) is 0 Å². The third-order valence-electron chi connectivity index (χ3n) is 3.40. The molecule has 114 valence electrons. The maximum Gasteiger partial charge on any atom is 0.280 e. The molecule has 0 saturated carbocycles. The van der Waals surface area contributed by atoms with Crippen LogP contribution in [0.1, 0.15) is 31.2 Å². The lowest BCUT2D eigenvalue weighted by Crippen LogP contribution is -2.52. The Labute approximate surface area is 124 Å². The van der Waals surface area contributed by atoms with Gasteiger partial charge >= 0.3 is 0 Å². The summed E-state index contributed by atoms with van der Waals surface area (Å²) in [5.41, 5.74) is 0. The summed E-state index contributed by atoms with van der Waals surface area (Å²) in [7, 11) is -3.43. The van der Waals surface area contributed by atoms with Gasteiger partial charge in [0.1, 0.15) is 5.01 Å². The number of hydrogen-bond donors (Lipinski definition) is 2. The highest BCUT2D eigenvalue weighted by atomic mass is 32.2. The second kappa shape index (κ2) is 7.46. The Hall–Kier alpha value is -0.540. The molecule has 0 aliphatic carbocycles. The van der Waals surface area contributed by atoms with Gasteiger partial charge in [-0.3, -0.25) is 0 Å². The van der Waals surface area contributed by atoms with Crippen LogP contribution in [0.4, 0.5) is 0 Å². The summed E-state index contributed by atoms with van der Waals surface area (Å²) >= 11 is 1.46. The average molecular weight is 318 g/mol. The first-order valence-corrected chi connectivity index (χ1v) is 9.31. The van der Waals surface area contributed by atoms with Gasteiger partial charge in [-0.1, -0.05) is 13.3 Å². The molecule has 1 aliphatic rings. The Bertz CT molecular complexity index is 490. The molecule has 1 unspecified atom stereocenters. The zero-order chi connectivity index (χ0) is 14.4. The largest absolute Gasteiger partial charge is 0.315 e. The summed E-state index contributed by atoms with van der Waals surface area (Å²) in [6, 6.07) is 0.0532. The lowest BCUT2D eigenvalue weighted by atomic mass is 10.1. The molecule has 0 aromatic carbocycles. The molecule has 6 nitrogen and oxygen atoms in total. The van der Waals surface area contributed by atoms with Crippen LogP contribution in [0.25, 0.3) is 0 Å². The van der Waals surface area contributed by atoms with E-state index < -0.39 is 10.2 Å². The summed E-state index contributed by atoms with van der Waals surface area (Å²) in [5.74, 6) is 0. The number of nitrogens with zero attached hydrogens (tertiary/aromatic N) is 2. The maximum atomic E-state index is 12.4. The molecule has 1 aromatic heterocycles. The Kier molecular flexibility index (Phi) is 5.91. The van der Waals surface area contributed by atoms with Gasteiger partial charge in [-0.05, 0) is 19.4 Å². The average Bonchev–Trinajstić information content (AvgIpc) is 2.97. The van der Waals surface area contributed by atoms with Crippen LogP contribution in [0, 0.1) is 0 Å².